The Kier molecular flexibility index (Phi) is 5.82. The average Bonchev–Trinajstić information content (AvgIpc) is 3.22. The molecule has 7 heteroatoms. The maximum atomic E-state index is 12.9. The van der Waals surface area contributed by atoms with Crippen LogP contribution in [-0.2, 0) is 6.42 Å². The first-order valence-electron chi connectivity index (χ1n) is 9.83. The van der Waals surface area contributed by atoms with Crippen molar-refractivity contribution in [2.24, 2.45) is 0 Å². The van der Waals surface area contributed by atoms with Crippen molar-refractivity contribution in [1.82, 2.24) is 20.5 Å². The van der Waals surface area contributed by atoms with E-state index in [2.05, 4.69) is 20.5 Å². The first kappa shape index (κ1) is 20.8. The number of hydrogen-bond acceptors (Lipinski definition) is 5. The predicted molar refractivity (Wildman–Crippen MR) is 120 cm³/mol. The summed E-state index contributed by atoms with van der Waals surface area (Å²) in [4.78, 5) is 17.4. The van der Waals surface area contributed by atoms with Gasteiger partial charge in [0.05, 0.1) is 5.69 Å². The van der Waals surface area contributed by atoms with Crippen LogP contribution in [0.3, 0.4) is 0 Å². The van der Waals surface area contributed by atoms with Crippen molar-refractivity contribution < 1.29 is 9.21 Å². The second kappa shape index (κ2) is 8.70. The Hall–Kier alpha value is -3.51. The summed E-state index contributed by atoms with van der Waals surface area (Å²) in [6.45, 7) is 3.81. The molecule has 0 bridgehead atoms. The van der Waals surface area contributed by atoms with Crippen LogP contribution in [-0.4, -0.2) is 26.6 Å². The molecule has 2 aromatic carbocycles. The summed E-state index contributed by atoms with van der Waals surface area (Å²) in [5.41, 5.74) is 2.15. The molecular weight excluding hydrogens is 412 g/mol. The molecule has 6 nitrogen and oxygen atoms in total. The smallest absolute Gasteiger partial charge is 0.270 e. The zero-order chi connectivity index (χ0) is 21.8. The Morgan fingerprint density at radius 1 is 0.935 bits per heavy atom. The van der Waals surface area contributed by atoms with Crippen molar-refractivity contribution in [3.63, 3.8) is 0 Å². The molecule has 0 aliphatic rings. The second-order valence-corrected chi connectivity index (χ2v) is 8.23. The van der Waals surface area contributed by atoms with E-state index in [1.165, 1.54) is 0 Å². The maximum absolute atomic E-state index is 12.9. The highest BCUT2D eigenvalue weighted by molar-refractivity contribution is 6.30. The van der Waals surface area contributed by atoms with Gasteiger partial charge in [-0.2, -0.15) is 0 Å². The second-order valence-electron chi connectivity index (χ2n) is 7.80. The van der Waals surface area contributed by atoms with Gasteiger partial charge in [0.25, 0.3) is 5.91 Å². The molecule has 0 radical (unpaired) electrons. The third-order valence-corrected chi connectivity index (χ3v) is 4.91. The topological polar surface area (TPSA) is 80.9 Å². The van der Waals surface area contributed by atoms with Gasteiger partial charge in [0.1, 0.15) is 5.69 Å². The standard InChI is InChI=1S/C24H21ClN4O2/c1-24(2,15-21-28-29-23(31-21)17-7-4-3-5-8-17)27-22(30)20-10-6-9-19(26-20)16-11-13-18(25)14-12-16/h3-14H,15H2,1-2H3,(H,27,30). The van der Waals surface area contributed by atoms with Crippen molar-refractivity contribution in [1.29, 1.82) is 0 Å². The summed E-state index contributed by atoms with van der Waals surface area (Å²) in [7, 11) is 0. The zero-order valence-corrected chi connectivity index (χ0v) is 17.9. The van der Waals surface area contributed by atoms with E-state index in [0.29, 0.717) is 34.6 Å². The SMILES string of the molecule is CC(C)(Cc1nnc(-c2ccccc2)o1)NC(=O)c1cccc(-c2ccc(Cl)cc2)n1. The first-order chi connectivity index (χ1) is 14.9. The zero-order valence-electron chi connectivity index (χ0n) is 17.2. The molecule has 31 heavy (non-hydrogen) atoms. The van der Waals surface area contributed by atoms with Gasteiger partial charge in [-0.1, -0.05) is 48.0 Å². The van der Waals surface area contributed by atoms with Gasteiger partial charge in [-0.15, -0.1) is 10.2 Å². The molecule has 0 atom stereocenters. The molecule has 2 aromatic heterocycles. The van der Waals surface area contributed by atoms with Gasteiger partial charge < -0.3 is 9.73 Å². The lowest BCUT2D eigenvalue weighted by Gasteiger charge is -2.24. The van der Waals surface area contributed by atoms with Crippen LogP contribution in [0.2, 0.25) is 5.02 Å². The fourth-order valence-corrected chi connectivity index (χ4v) is 3.28. The summed E-state index contributed by atoms with van der Waals surface area (Å²) in [5.74, 6) is 0.630. The van der Waals surface area contributed by atoms with E-state index in [-0.39, 0.29) is 5.91 Å². The predicted octanol–water partition coefficient (Wildman–Crippen LogP) is 5.20. The highest BCUT2D eigenvalue weighted by Crippen LogP contribution is 2.21. The van der Waals surface area contributed by atoms with Gasteiger partial charge in [0, 0.05) is 28.1 Å². The third-order valence-electron chi connectivity index (χ3n) is 4.65. The number of benzene rings is 2. The normalized spacial score (nSPS) is 11.3. The summed E-state index contributed by atoms with van der Waals surface area (Å²) in [6.07, 6.45) is 0.384. The van der Waals surface area contributed by atoms with E-state index in [4.69, 9.17) is 16.0 Å². The number of hydrogen-bond donors (Lipinski definition) is 1. The number of carbonyl (C=O) groups is 1. The molecule has 0 saturated carbocycles. The lowest BCUT2D eigenvalue weighted by Crippen LogP contribution is -2.45. The van der Waals surface area contributed by atoms with E-state index < -0.39 is 5.54 Å². The molecule has 4 aromatic rings. The summed E-state index contributed by atoms with van der Waals surface area (Å²) in [6, 6.07) is 22.2. The van der Waals surface area contributed by atoms with Crippen LogP contribution in [0, 0.1) is 0 Å². The highest BCUT2D eigenvalue weighted by atomic mass is 35.5. The van der Waals surface area contributed by atoms with Crippen LogP contribution < -0.4 is 5.32 Å². The lowest BCUT2D eigenvalue weighted by molar-refractivity contribution is 0.0905. The molecule has 0 fully saturated rings. The van der Waals surface area contributed by atoms with Crippen LogP contribution in [0.25, 0.3) is 22.7 Å². The monoisotopic (exact) mass is 432 g/mol. The van der Waals surface area contributed by atoms with Crippen LogP contribution in [0.4, 0.5) is 0 Å². The average molecular weight is 433 g/mol. The van der Waals surface area contributed by atoms with Crippen molar-refractivity contribution in [3.05, 3.63) is 89.4 Å². The van der Waals surface area contributed by atoms with Gasteiger partial charge in [-0.05, 0) is 50.2 Å². The Labute approximate surface area is 185 Å². The molecule has 0 aliphatic heterocycles. The number of rotatable bonds is 6. The minimum atomic E-state index is -0.616. The van der Waals surface area contributed by atoms with E-state index >= 15 is 0 Å². The van der Waals surface area contributed by atoms with Crippen LogP contribution in [0.15, 0.2) is 77.2 Å². The Morgan fingerprint density at radius 3 is 2.42 bits per heavy atom. The number of halogens is 1. The van der Waals surface area contributed by atoms with Gasteiger partial charge in [-0.3, -0.25) is 4.79 Å². The molecule has 156 valence electrons. The number of nitrogens with one attached hydrogen (secondary N) is 1. The van der Waals surface area contributed by atoms with Gasteiger partial charge >= 0.3 is 0 Å². The van der Waals surface area contributed by atoms with Gasteiger partial charge in [-0.25, -0.2) is 4.98 Å². The Morgan fingerprint density at radius 2 is 1.68 bits per heavy atom. The minimum absolute atomic E-state index is 0.274. The number of nitrogens with zero attached hydrogens (tertiary/aromatic N) is 3. The number of aromatic nitrogens is 3. The van der Waals surface area contributed by atoms with Crippen molar-refractivity contribution >= 4 is 17.5 Å². The number of carbonyl (C=O) groups excluding carboxylic acids is 1. The van der Waals surface area contributed by atoms with Crippen molar-refractivity contribution in [2.75, 3.05) is 0 Å². The maximum Gasteiger partial charge on any atom is 0.270 e. The summed E-state index contributed by atoms with van der Waals surface area (Å²) < 4.78 is 5.78. The van der Waals surface area contributed by atoms with Crippen molar-refractivity contribution in [3.8, 4) is 22.7 Å². The van der Waals surface area contributed by atoms with Crippen LogP contribution in [0.1, 0.15) is 30.2 Å². The number of amides is 1. The molecule has 1 amide bonds. The molecule has 4 rings (SSSR count). The van der Waals surface area contributed by atoms with Crippen LogP contribution >= 0.6 is 11.6 Å². The first-order valence-corrected chi connectivity index (χ1v) is 10.2. The van der Waals surface area contributed by atoms with E-state index in [1.54, 1.807) is 18.2 Å². The largest absolute Gasteiger partial charge is 0.421 e. The fraction of sp³-hybridized carbons (Fsp3) is 0.167. The van der Waals surface area contributed by atoms with E-state index in [1.807, 2.05) is 68.4 Å². The van der Waals surface area contributed by atoms with Gasteiger partial charge in [0.15, 0.2) is 0 Å². The number of pyridine rings is 1. The molecular formula is C24H21ClN4O2. The van der Waals surface area contributed by atoms with E-state index in [0.717, 1.165) is 11.1 Å². The van der Waals surface area contributed by atoms with Crippen LogP contribution in [0.5, 0.6) is 0 Å². The molecule has 1 N–H and O–H groups in total. The molecule has 0 saturated heterocycles. The quantitative estimate of drug-likeness (QED) is 0.452. The summed E-state index contributed by atoms with van der Waals surface area (Å²) >= 11 is 5.95. The minimum Gasteiger partial charge on any atom is -0.421 e. The fourth-order valence-electron chi connectivity index (χ4n) is 3.16. The van der Waals surface area contributed by atoms with Gasteiger partial charge in [0.2, 0.25) is 11.8 Å². The third kappa shape index (κ3) is 5.16. The van der Waals surface area contributed by atoms with Crippen molar-refractivity contribution in [2.45, 2.75) is 25.8 Å². The Balaban J connectivity index is 1.46. The lowest BCUT2D eigenvalue weighted by atomic mass is 10.0. The Bertz CT molecular complexity index is 1190. The molecule has 0 aliphatic carbocycles. The molecule has 0 spiro atoms. The highest BCUT2D eigenvalue weighted by Gasteiger charge is 2.25. The molecule has 0 unspecified atom stereocenters. The molecule has 2 heterocycles. The van der Waals surface area contributed by atoms with E-state index in [9.17, 15) is 4.79 Å². The summed E-state index contributed by atoms with van der Waals surface area (Å²) in [5, 5.41) is 11.9.